The predicted octanol–water partition coefficient (Wildman–Crippen LogP) is 3.60. The molecule has 0 radical (unpaired) electrons. The molecule has 0 amide bonds. The Morgan fingerprint density at radius 1 is 1.37 bits per heavy atom. The first-order valence-corrected chi connectivity index (χ1v) is 9.60. The van der Waals surface area contributed by atoms with E-state index in [9.17, 15) is 8.42 Å². The molecule has 1 atom stereocenters. The molecule has 1 unspecified atom stereocenters. The third-order valence-electron chi connectivity index (χ3n) is 3.00. The van der Waals surface area contributed by atoms with Gasteiger partial charge >= 0.3 is 0 Å². The standard InChI is InChI=1S/C13H20BrNO2S2/c1-4-18-10-9-11(2)15(3)19(16,17)13-8-6-5-7-12(13)14/h5-8,11H,4,9-10H2,1-3H3. The quantitative estimate of drug-likeness (QED) is 0.692. The van der Waals surface area contributed by atoms with Gasteiger partial charge in [0, 0.05) is 17.6 Å². The smallest absolute Gasteiger partial charge is 0.207 e. The van der Waals surface area contributed by atoms with E-state index < -0.39 is 10.0 Å². The molecule has 0 aliphatic carbocycles. The largest absolute Gasteiger partial charge is 0.244 e. The monoisotopic (exact) mass is 365 g/mol. The molecule has 1 rings (SSSR count). The van der Waals surface area contributed by atoms with Crippen LogP contribution in [-0.2, 0) is 10.0 Å². The normalized spacial score (nSPS) is 13.7. The molecule has 1 aromatic rings. The lowest BCUT2D eigenvalue weighted by molar-refractivity contribution is 0.382. The minimum Gasteiger partial charge on any atom is -0.207 e. The summed E-state index contributed by atoms with van der Waals surface area (Å²) in [5, 5.41) is 0. The fourth-order valence-electron chi connectivity index (χ4n) is 1.63. The van der Waals surface area contributed by atoms with E-state index in [0.29, 0.717) is 9.37 Å². The molecular weight excluding hydrogens is 346 g/mol. The van der Waals surface area contributed by atoms with E-state index in [2.05, 4.69) is 22.9 Å². The lowest BCUT2D eigenvalue weighted by Gasteiger charge is -2.24. The highest BCUT2D eigenvalue weighted by molar-refractivity contribution is 9.10. The van der Waals surface area contributed by atoms with E-state index in [-0.39, 0.29) is 6.04 Å². The summed E-state index contributed by atoms with van der Waals surface area (Å²) < 4.78 is 27.1. The minimum atomic E-state index is -3.43. The van der Waals surface area contributed by atoms with Crippen molar-refractivity contribution in [1.82, 2.24) is 4.31 Å². The Bertz CT molecular complexity index is 505. The Hall–Kier alpha value is -0.0400. The van der Waals surface area contributed by atoms with Gasteiger partial charge in [0.1, 0.15) is 0 Å². The molecule has 0 spiro atoms. The Balaban J connectivity index is 2.85. The van der Waals surface area contributed by atoms with Gasteiger partial charge in [0.05, 0.1) is 4.90 Å². The van der Waals surface area contributed by atoms with E-state index in [4.69, 9.17) is 0 Å². The highest BCUT2D eigenvalue weighted by Gasteiger charge is 2.26. The van der Waals surface area contributed by atoms with Crippen molar-refractivity contribution in [3.63, 3.8) is 0 Å². The van der Waals surface area contributed by atoms with Gasteiger partial charge in [0.25, 0.3) is 0 Å². The second-order valence-electron chi connectivity index (χ2n) is 4.29. The summed E-state index contributed by atoms with van der Waals surface area (Å²) in [6.07, 6.45) is 0.860. The van der Waals surface area contributed by atoms with Crippen molar-refractivity contribution in [2.24, 2.45) is 0 Å². The number of thioether (sulfide) groups is 1. The predicted molar refractivity (Wildman–Crippen MR) is 86.2 cm³/mol. The van der Waals surface area contributed by atoms with Gasteiger partial charge in [0.15, 0.2) is 0 Å². The fraction of sp³-hybridized carbons (Fsp3) is 0.538. The van der Waals surface area contributed by atoms with E-state index >= 15 is 0 Å². The summed E-state index contributed by atoms with van der Waals surface area (Å²) >= 11 is 5.14. The molecule has 0 fully saturated rings. The van der Waals surface area contributed by atoms with Crippen LogP contribution in [0.15, 0.2) is 33.6 Å². The Kier molecular flexibility index (Phi) is 6.86. The van der Waals surface area contributed by atoms with Gasteiger partial charge in [-0.25, -0.2) is 8.42 Å². The molecule has 0 saturated carbocycles. The molecule has 0 saturated heterocycles. The number of hydrogen-bond acceptors (Lipinski definition) is 3. The first-order chi connectivity index (χ1) is 8.91. The molecular formula is C13H20BrNO2S2. The maximum Gasteiger partial charge on any atom is 0.244 e. The van der Waals surface area contributed by atoms with Crippen LogP contribution in [0.3, 0.4) is 0 Å². The van der Waals surface area contributed by atoms with Crippen molar-refractivity contribution in [2.75, 3.05) is 18.6 Å². The molecule has 0 heterocycles. The van der Waals surface area contributed by atoms with Gasteiger partial charge in [-0.1, -0.05) is 19.1 Å². The second-order valence-corrected chi connectivity index (χ2v) is 8.50. The molecule has 108 valence electrons. The van der Waals surface area contributed by atoms with Crippen LogP contribution in [0, 0.1) is 0 Å². The molecule has 0 aliphatic rings. The van der Waals surface area contributed by atoms with Crippen LogP contribution >= 0.6 is 27.7 Å². The van der Waals surface area contributed by atoms with Crippen LogP contribution in [0.5, 0.6) is 0 Å². The summed E-state index contributed by atoms with van der Waals surface area (Å²) in [5.74, 6) is 2.04. The second kappa shape index (κ2) is 7.67. The molecule has 0 bridgehead atoms. The van der Waals surface area contributed by atoms with Crippen molar-refractivity contribution in [3.05, 3.63) is 28.7 Å². The average Bonchev–Trinajstić information content (AvgIpc) is 2.38. The lowest BCUT2D eigenvalue weighted by atomic mass is 10.3. The van der Waals surface area contributed by atoms with Crippen LogP contribution < -0.4 is 0 Å². The van der Waals surface area contributed by atoms with E-state index in [1.165, 1.54) is 4.31 Å². The van der Waals surface area contributed by atoms with Gasteiger partial charge in [-0.2, -0.15) is 16.1 Å². The summed E-state index contributed by atoms with van der Waals surface area (Å²) in [5.41, 5.74) is 0. The van der Waals surface area contributed by atoms with Crippen LogP contribution in [0.2, 0.25) is 0 Å². The van der Waals surface area contributed by atoms with Crippen LogP contribution in [-0.4, -0.2) is 37.3 Å². The third-order valence-corrected chi connectivity index (χ3v) is 6.92. The number of rotatable bonds is 7. The zero-order valence-electron chi connectivity index (χ0n) is 11.5. The van der Waals surface area contributed by atoms with E-state index in [0.717, 1.165) is 17.9 Å². The third kappa shape index (κ3) is 4.48. The summed E-state index contributed by atoms with van der Waals surface area (Å²) in [4.78, 5) is 0.326. The van der Waals surface area contributed by atoms with Crippen LogP contribution in [0.25, 0.3) is 0 Å². The van der Waals surface area contributed by atoms with E-state index in [1.54, 1.807) is 25.2 Å². The molecule has 1 aromatic carbocycles. The number of benzene rings is 1. The van der Waals surface area contributed by atoms with Crippen molar-refractivity contribution in [1.29, 1.82) is 0 Å². The number of sulfonamides is 1. The van der Waals surface area contributed by atoms with Gasteiger partial charge < -0.3 is 0 Å². The van der Waals surface area contributed by atoms with Crippen molar-refractivity contribution in [3.8, 4) is 0 Å². The van der Waals surface area contributed by atoms with Crippen molar-refractivity contribution < 1.29 is 8.42 Å². The zero-order valence-corrected chi connectivity index (χ0v) is 14.7. The van der Waals surface area contributed by atoms with Gasteiger partial charge in [-0.3, -0.25) is 0 Å². The summed E-state index contributed by atoms with van der Waals surface area (Å²) in [7, 11) is -1.78. The van der Waals surface area contributed by atoms with Gasteiger partial charge in [0.2, 0.25) is 10.0 Å². The van der Waals surface area contributed by atoms with E-state index in [1.807, 2.05) is 24.8 Å². The number of nitrogens with zero attached hydrogens (tertiary/aromatic N) is 1. The van der Waals surface area contributed by atoms with Crippen LogP contribution in [0.1, 0.15) is 20.3 Å². The molecule has 0 aromatic heterocycles. The number of halogens is 1. The topological polar surface area (TPSA) is 37.4 Å². The Morgan fingerprint density at radius 2 is 2.00 bits per heavy atom. The molecule has 3 nitrogen and oxygen atoms in total. The highest BCUT2D eigenvalue weighted by atomic mass is 79.9. The summed E-state index contributed by atoms with van der Waals surface area (Å²) in [6, 6.07) is 6.92. The molecule has 0 N–H and O–H groups in total. The Morgan fingerprint density at radius 3 is 2.58 bits per heavy atom. The van der Waals surface area contributed by atoms with Gasteiger partial charge in [-0.05, 0) is 52.9 Å². The van der Waals surface area contributed by atoms with Crippen molar-refractivity contribution >= 4 is 37.7 Å². The zero-order chi connectivity index (χ0) is 14.5. The maximum absolute atomic E-state index is 12.5. The molecule has 19 heavy (non-hydrogen) atoms. The minimum absolute atomic E-state index is 0.00356. The maximum atomic E-state index is 12.5. The molecule has 6 heteroatoms. The molecule has 0 aliphatic heterocycles. The highest BCUT2D eigenvalue weighted by Crippen LogP contribution is 2.25. The lowest BCUT2D eigenvalue weighted by Crippen LogP contribution is -2.35. The SMILES string of the molecule is CCSCCC(C)N(C)S(=O)(=O)c1ccccc1Br. The van der Waals surface area contributed by atoms with Gasteiger partial charge in [-0.15, -0.1) is 0 Å². The Labute approximate surface area is 128 Å². The fourth-order valence-corrected chi connectivity index (χ4v) is 4.78. The summed E-state index contributed by atoms with van der Waals surface area (Å²) in [6.45, 7) is 4.06. The average molecular weight is 366 g/mol. The van der Waals surface area contributed by atoms with Crippen molar-refractivity contribution in [2.45, 2.75) is 31.2 Å². The first kappa shape index (κ1) is 17.0. The number of hydrogen-bond donors (Lipinski definition) is 0. The first-order valence-electron chi connectivity index (χ1n) is 6.21. The van der Waals surface area contributed by atoms with Crippen LogP contribution in [0.4, 0.5) is 0 Å².